The van der Waals surface area contributed by atoms with E-state index in [2.05, 4.69) is 21.1 Å². The van der Waals surface area contributed by atoms with Crippen LogP contribution < -0.4 is 26.4 Å². The van der Waals surface area contributed by atoms with Crippen LogP contribution in [0, 0.1) is 4.91 Å². The first kappa shape index (κ1) is 23.3. The van der Waals surface area contributed by atoms with Crippen LogP contribution in [0.1, 0.15) is 30.0 Å². The first-order valence-corrected chi connectivity index (χ1v) is 9.66. The van der Waals surface area contributed by atoms with Gasteiger partial charge in [0.15, 0.2) is 0 Å². The molecule has 0 aliphatic carbocycles. The number of rotatable bonds is 13. The summed E-state index contributed by atoms with van der Waals surface area (Å²) in [4.78, 5) is 43.7. The number of carbonyl (C=O) groups is 3. The normalized spacial score (nSPS) is 11.1. The SMILES string of the molecule is NC(=O)NCCCC(NC(=O)CNC=O)c1ccc(COc2ccc(N=O)cc2)cc1. The first-order valence-electron chi connectivity index (χ1n) is 9.66. The Labute approximate surface area is 179 Å². The van der Waals surface area contributed by atoms with Crippen molar-refractivity contribution in [2.75, 3.05) is 13.1 Å². The molecule has 10 heteroatoms. The van der Waals surface area contributed by atoms with Crippen molar-refractivity contribution in [1.29, 1.82) is 0 Å². The summed E-state index contributed by atoms with van der Waals surface area (Å²) in [7, 11) is 0. The van der Waals surface area contributed by atoms with E-state index >= 15 is 0 Å². The largest absolute Gasteiger partial charge is 0.489 e. The molecular weight excluding hydrogens is 402 g/mol. The molecule has 0 aliphatic rings. The third-order valence-electron chi connectivity index (χ3n) is 4.38. The molecule has 0 fully saturated rings. The number of carbonyl (C=O) groups excluding carboxylic acids is 3. The summed E-state index contributed by atoms with van der Waals surface area (Å²) in [6.45, 7) is 0.597. The molecule has 2 aromatic carbocycles. The molecule has 0 aromatic heterocycles. The molecule has 2 rings (SSSR count). The number of nitrogens with one attached hydrogen (secondary N) is 3. The zero-order chi connectivity index (χ0) is 22.5. The van der Waals surface area contributed by atoms with Gasteiger partial charge in [0, 0.05) is 6.54 Å². The number of urea groups is 1. The summed E-state index contributed by atoms with van der Waals surface area (Å²) in [5.74, 6) is 0.298. The molecule has 1 unspecified atom stereocenters. The molecule has 0 bridgehead atoms. The molecule has 0 heterocycles. The van der Waals surface area contributed by atoms with Crippen molar-refractivity contribution < 1.29 is 19.1 Å². The highest BCUT2D eigenvalue weighted by atomic mass is 16.5. The van der Waals surface area contributed by atoms with Crippen molar-refractivity contribution in [3.05, 3.63) is 64.6 Å². The van der Waals surface area contributed by atoms with Crippen LogP contribution in [0.5, 0.6) is 5.75 Å². The Bertz CT molecular complexity index is 871. The van der Waals surface area contributed by atoms with Gasteiger partial charge >= 0.3 is 6.03 Å². The second kappa shape index (κ2) is 12.6. The Morgan fingerprint density at radius 1 is 1.10 bits per heavy atom. The number of amides is 4. The predicted octanol–water partition coefficient (Wildman–Crippen LogP) is 2.02. The van der Waals surface area contributed by atoms with Crippen LogP contribution in [-0.2, 0) is 16.2 Å². The van der Waals surface area contributed by atoms with Gasteiger partial charge in [-0.25, -0.2) is 4.79 Å². The molecule has 0 saturated carbocycles. The van der Waals surface area contributed by atoms with E-state index in [4.69, 9.17) is 10.5 Å². The monoisotopic (exact) mass is 427 g/mol. The zero-order valence-electron chi connectivity index (χ0n) is 16.9. The summed E-state index contributed by atoms with van der Waals surface area (Å²) < 4.78 is 5.70. The van der Waals surface area contributed by atoms with Crippen LogP contribution >= 0.6 is 0 Å². The Morgan fingerprint density at radius 2 is 1.81 bits per heavy atom. The van der Waals surface area contributed by atoms with Crippen molar-refractivity contribution >= 4 is 24.0 Å². The number of hydrogen-bond donors (Lipinski definition) is 4. The third kappa shape index (κ3) is 8.52. The Balaban J connectivity index is 1.97. The Kier molecular flexibility index (Phi) is 9.47. The van der Waals surface area contributed by atoms with E-state index in [0.29, 0.717) is 43.8 Å². The summed E-state index contributed by atoms with van der Waals surface area (Å²) in [5.41, 5.74) is 7.20. The molecule has 0 radical (unpaired) electrons. The van der Waals surface area contributed by atoms with Crippen molar-refractivity contribution in [1.82, 2.24) is 16.0 Å². The fourth-order valence-electron chi connectivity index (χ4n) is 2.84. The fourth-order valence-corrected chi connectivity index (χ4v) is 2.84. The molecule has 10 nitrogen and oxygen atoms in total. The number of benzene rings is 2. The molecule has 0 saturated heterocycles. The lowest BCUT2D eigenvalue weighted by Gasteiger charge is -2.20. The van der Waals surface area contributed by atoms with E-state index in [1.165, 1.54) is 0 Å². The quantitative estimate of drug-likeness (QED) is 0.219. The number of primary amides is 1. The van der Waals surface area contributed by atoms with Gasteiger partial charge in [-0.15, -0.1) is 4.91 Å². The van der Waals surface area contributed by atoms with E-state index < -0.39 is 6.03 Å². The summed E-state index contributed by atoms with van der Waals surface area (Å²) in [6, 6.07) is 13.1. The predicted molar refractivity (Wildman–Crippen MR) is 114 cm³/mol. The van der Waals surface area contributed by atoms with E-state index in [0.717, 1.165) is 11.1 Å². The van der Waals surface area contributed by atoms with E-state index in [1.807, 2.05) is 24.3 Å². The number of ether oxygens (including phenoxy) is 1. The second-order valence-electron chi connectivity index (χ2n) is 6.67. The molecule has 0 aliphatic heterocycles. The van der Waals surface area contributed by atoms with Gasteiger partial charge in [0.25, 0.3) is 0 Å². The minimum Gasteiger partial charge on any atom is -0.489 e. The standard InChI is InChI=1S/C21H25N5O5/c22-21(29)24-11-1-2-19(25-20(28)12-23-14-27)16-5-3-15(4-6-16)13-31-18-9-7-17(26-30)8-10-18/h3-10,14,19H,1-2,11-13H2,(H,23,27)(H,25,28)(H3,22,24,29). The highest BCUT2D eigenvalue weighted by Gasteiger charge is 2.14. The topological polar surface area (TPSA) is 152 Å². The van der Waals surface area contributed by atoms with Crippen molar-refractivity contribution in [2.45, 2.75) is 25.5 Å². The van der Waals surface area contributed by atoms with Gasteiger partial charge in [0.05, 0.1) is 12.6 Å². The minimum absolute atomic E-state index is 0.121. The molecular formula is C21H25N5O5. The van der Waals surface area contributed by atoms with Gasteiger partial charge in [-0.05, 0) is 53.4 Å². The Hall–Kier alpha value is -3.95. The van der Waals surface area contributed by atoms with Crippen LogP contribution in [0.15, 0.2) is 53.7 Å². The average Bonchev–Trinajstić information content (AvgIpc) is 2.79. The second-order valence-corrected chi connectivity index (χ2v) is 6.67. The van der Waals surface area contributed by atoms with Crippen molar-refractivity contribution in [2.24, 2.45) is 10.9 Å². The van der Waals surface area contributed by atoms with Gasteiger partial charge in [-0.3, -0.25) is 9.59 Å². The van der Waals surface area contributed by atoms with E-state index in [1.54, 1.807) is 24.3 Å². The van der Waals surface area contributed by atoms with Crippen LogP contribution in [-0.4, -0.2) is 31.4 Å². The third-order valence-corrected chi connectivity index (χ3v) is 4.38. The highest BCUT2D eigenvalue weighted by molar-refractivity contribution is 5.80. The zero-order valence-corrected chi connectivity index (χ0v) is 16.9. The van der Waals surface area contributed by atoms with Crippen LogP contribution in [0.25, 0.3) is 0 Å². The summed E-state index contributed by atoms with van der Waals surface area (Å²) >= 11 is 0. The fraction of sp³-hybridized carbons (Fsp3) is 0.286. The van der Waals surface area contributed by atoms with E-state index in [9.17, 15) is 19.3 Å². The molecule has 31 heavy (non-hydrogen) atoms. The summed E-state index contributed by atoms with van der Waals surface area (Å²) in [5, 5.41) is 10.6. The van der Waals surface area contributed by atoms with Gasteiger partial charge in [0.2, 0.25) is 12.3 Å². The van der Waals surface area contributed by atoms with Crippen LogP contribution in [0.3, 0.4) is 0 Å². The average molecular weight is 427 g/mol. The minimum atomic E-state index is -0.600. The number of nitrogens with zero attached hydrogens (tertiary/aromatic N) is 1. The van der Waals surface area contributed by atoms with Gasteiger partial charge in [-0.1, -0.05) is 24.3 Å². The molecule has 5 N–H and O–H groups in total. The highest BCUT2D eigenvalue weighted by Crippen LogP contribution is 2.21. The first-order chi connectivity index (χ1) is 15.0. The molecule has 1 atom stereocenters. The van der Waals surface area contributed by atoms with Gasteiger partial charge < -0.3 is 26.4 Å². The van der Waals surface area contributed by atoms with Gasteiger partial charge in [0.1, 0.15) is 18.0 Å². The maximum absolute atomic E-state index is 12.0. The van der Waals surface area contributed by atoms with Gasteiger partial charge in [-0.2, -0.15) is 0 Å². The number of nitrogens with two attached hydrogens (primary N) is 1. The number of nitroso groups, excluding NO2 is 1. The lowest BCUT2D eigenvalue weighted by Crippen LogP contribution is -2.36. The summed E-state index contributed by atoms with van der Waals surface area (Å²) in [6.07, 6.45) is 1.63. The lowest BCUT2D eigenvalue weighted by atomic mass is 10.0. The number of hydrogen-bond acceptors (Lipinski definition) is 6. The van der Waals surface area contributed by atoms with Crippen LogP contribution in [0.2, 0.25) is 0 Å². The maximum Gasteiger partial charge on any atom is 0.312 e. The molecule has 164 valence electrons. The van der Waals surface area contributed by atoms with E-state index in [-0.39, 0.29) is 18.5 Å². The Morgan fingerprint density at radius 3 is 2.42 bits per heavy atom. The molecule has 2 aromatic rings. The van der Waals surface area contributed by atoms with Crippen LogP contribution in [0.4, 0.5) is 10.5 Å². The molecule has 4 amide bonds. The van der Waals surface area contributed by atoms with Crippen molar-refractivity contribution in [3.8, 4) is 5.75 Å². The smallest absolute Gasteiger partial charge is 0.312 e. The lowest BCUT2D eigenvalue weighted by molar-refractivity contribution is -0.122. The van der Waals surface area contributed by atoms with Crippen molar-refractivity contribution in [3.63, 3.8) is 0 Å². The molecule has 0 spiro atoms. The maximum atomic E-state index is 12.0.